The Morgan fingerprint density at radius 1 is 0.955 bits per heavy atom. The van der Waals surface area contributed by atoms with Gasteiger partial charge >= 0.3 is 0 Å². The minimum absolute atomic E-state index is 0.0747. The smallest absolute Gasteiger partial charge is 0.269 e. The molecular formula is C14H11N3O5. The Morgan fingerprint density at radius 2 is 1.55 bits per heavy atom. The topological polar surface area (TPSA) is 122 Å². The maximum atomic E-state index is 11.8. The predicted octanol–water partition coefficient (Wildman–Crippen LogP) is 1.38. The van der Waals surface area contributed by atoms with Crippen molar-refractivity contribution < 1.29 is 19.6 Å². The van der Waals surface area contributed by atoms with Gasteiger partial charge in [0.1, 0.15) is 5.75 Å². The lowest BCUT2D eigenvalue weighted by Gasteiger charge is -2.07. The summed E-state index contributed by atoms with van der Waals surface area (Å²) < 4.78 is 0. The molecule has 0 aliphatic carbocycles. The number of nitrogens with zero attached hydrogens (tertiary/aromatic N) is 1. The number of nitro groups is 1. The first-order valence-corrected chi connectivity index (χ1v) is 6.11. The molecule has 0 bridgehead atoms. The fourth-order valence-electron chi connectivity index (χ4n) is 1.64. The summed E-state index contributed by atoms with van der Waals surface area (Å²) in [6, 6.07) is 10.5. The van der Waals surface area contributed by atoms with Gasteiger partial charge in [0.25, 0.3) is 17.5 Å². The second kappa shape index (κ2) is 6.35. The third-order valence-electron chi connectivity index (χ3n) is 2.74. The monoisotopic (exact) mass is 301 g/mol. The second-order valence-corrected chi connectivity index (χ2v) is 4.26. The van der Waals surface area contributed by atoms with Crippen LogP contribution in [-0.4, -0.2) is 21.8 Å². The second-order valence-electron chi connectivity index (χ2n) is 4.26. The van der Waals surface area contributed by atoms with E-state index in [9.17, 15) is 24.8 Å². The molecule has 0 radical (unpaired) electrons. The first kappa shape index (κ1) is 15.0. The quantitative estimate of drug-likeness (QED) is 0.584. The Hall–Kier alpha value is -3.42. The molecule has 0 aromatic heterocycles. The van der Waals surface area contributed by atoms with Crippen molar-refractivity contribution in [2.24, 2.45) is 0 Å². The Kier molecular flexibility index (Phi) is 4.33. The first-order valence-electron chi connectivity index (χ1n) is 6.11. The van der Waals surface area contributed by atoms with Gasteiger partial charge in [-0.1, -0.05) is 6.07 Å². The average molecular weight is 301 g/mol. The third kappa shape index (κ3) is 3.57. The van der Waals surface area contributed by atoms with E-state index in [1.807, 2.05) is 0 Å². The molecule has 112 valence electrons. The van der Waals surface area contributed by atoms with Crippen LogP contribution in [0.15, 0.2) is 48.5 Å². The molecule has 0 fully saturated rings. The molecule has 2 rings (SSSR count). The van der Waals surface area contributed by atoms with E-state index >= 15 is 0 Å². The van der Waals surface area contributed by atoms with Gasteiger partial charge in [0.2, 0.25) is 0 Å². The van der Waals surface area contributed by atoms with E-state index in [1.54, 1.807) is 0 Å². The highest BCUT2D eigenvalue weighted by Gasteiger charge is 2.11. The van der Waals surface area contributed by atoms with Gasteiger partial charge in [-0.3, -0.25) is 30.6 Å². The summed E-state index contributed by atoms with van der Waals surface area (Å²) in [4.78, 5) is 33.5. The third-order valence-corrected chi connectivity index (χ3v) is 2.74. The van der Waals surface area contributed by atoms with E-state index in [0.717, 1.165) is 0 Å². The van der Waals surface area contributed by atoms with Crippen molar-refractivity contribution in [2.45, 2.75) is 0 Å². The lowest BCUT2D eigenvalue weighted by Crippen LogP contribution is -2.41. The fourth-order valence-corrected chi connectivity index (χ4v) is 1.64. The molecule has 0 saturated heterocycles. The molecule has 8 heteroatoms. The number of nitro benzene ring substituents is 1. The molecule has 0 saturated carbocycles. The molecule has 3 N–H and O–H groups in total. The van der Waals surface area contributed by atoms with E-state index in [-0.39, 0.29) is 22.6 Å². The molecule has 8 nitrogen and oxygen atoms in total. The van der Waals surface area contributed by atoms with Crippen LogP contribution in [-0.2, 0) is 0 Å². The maximum absolute atomic E-state index is 11.8. The summed E-state index contributed by atoms with van der Waals surface area (Å²) in [5.74, 6) is -1.30. The zero-order valence-corrected chi connectivity index (χ0v) is 11.1. The van der Waals surface area contributed by atoms with Gasteiger partial charge in [0.05, 0.1) is 4.92 Å². The van der Waals surface area contributed by atoms with Crippen molar-refractivity contribution in [2.75, 3.05) is 0 Å². The largest absolute Gasteiger partial charge is 0.508 e. The maximum Gasteiger partial charge on any atom is 0.269 e. The number of carbonyl (C=O) groups is 2. The Balaban J connectivity index is 1.97. The van der Waals surface area contributed by atoms with E-state index in [2.05, 4.69) is 10.9 Å². The molecule has 2 aromatic carbocycles. The van der Waals surface area contributed by atoms with Crippen LogP contribution < -0.4 is 10.9 Å². The molecule has 22 heavy (non-hydrogen) atoms. The van der Waals surface area contributed by atoms with Crippen molar-refractivity contribution in [3.05, 3.63) is 69.8 Å². The van der Waals surface area contributed by atoms with Gasteiger partial charge in [-0.05, 0) is 30.3 Å². The highest BCUT2D eigenvalue weighted by Crippen LogP contribution is 2.12. The van der Waals surface area contributed by atoms with Crippen LogP contribution in [0.5, 0.6) is 5.75 Å². The zero-order valence-electron chi connectivity index (χ0n) is 11.1. The average Bonchev–Trinajstić information content (AvgIpc) is 2.52. The number of aromatic hydroxyl groups is 1. The number of carbonyl (C=O) groups excluding carboxylic acids is 2. The van der Waals surface area contributed by atoms with Crippen LogP contribution >= 0.6 is 0 Å². The summed E-state index contributed by atoms with van der Waals surface area (Å²) in [6.45, 7) is 0. The molecular weight excluding hydrogens is 290 g/mol. The highest BCUT2D eigenvalue weighted by molar-refractivity contribution is 5.99. The van der Waals surface area contributed by atoms with Crippen molar-refractivity contribution in [3.8, 4) is 5.75 Å². The predicted molar refractivity (Wildman–Crippen MR) is 76.1 cm³/mol. The minimum atomic E-state index is -0.622. The number of hydrogen-bond acceptors (Lipinski definition) is 5. The lowest BCUT2D eigenvalue weighted by atomic mass is 10.2. The van der Waals surface area contributed by atoms with E-state index < -0.39 is 16.7 Å². The van der Waals surface area contributed by atoms with Crippen LogP contribution in [0.4, 0.5) is 5.69 Å². The number of benzene rings is 2. The molecule has 0 aliphatic heterocycles. The number of non-ortho nitro benzene ring substituents is 1. The van der Waals surface area contributed by atoms with Gasteiger partial charge in [-0.25, -0.2) is 0 Å². The van der Waals surface area contributed by atoms with Gasteiger partial charge < -0.3 is 5.11 Å². The summed E-state index contributed by atoms with van der Waals surface area (Å²) in [5, 5.41) is 19.8. The van der Waals surface area contributed by atoms with Gasteiger partial charge in [0, 0.05) is 23.3 Å². The number of hydrogen-bond donors (Lipinski definition) is 3. The van der Waals surface area contributed by atoms with E-state index in [4.69, 9.17) is 0 Å². The van der Waals surface area contributed by atoms with Crippen molar-refractivity contribution in [1.29, 1.82) is 0 Å². The molecule has 2 aromatic rings. The highest BCUT2D eigenvalue weighted by atomic mass is 16.6. The van der Waals surface area contributed by atoms with Crippen LogP contribution in [0.2, 0.25) is 0 Å². The number of phenolic OH excluding ortho intramolecular Hbond substituents is 1. The summed E-state index contributed by atoms with van der Waals surface area (Å²) >= 11 is 0. The van der Waals surface area contributed by atoms with Gasteiger partial charge in [-0.15, -0.1) is 0 Å². The molecule has 0 unspecified atom stereocenters. The van der Waals surface area contributed by atoms with Gasteiger partial charge in [-0.2, -0.15) is 0 Å². The number of nitrogens with one attached hydrogen (secondary N) is 2. The minimum Gasteiger partial charge on any atom is -0.508 e. The number of amides is 2. The van der Waals surface area contributed by atoms with Crippen LogP contribution in [0.3, 0.4) is 0 Å². The van der Waals surface area contributed by atoms with E-state index in [1.165, 1.54) is 48.5 Å². The van der Waals surface area contributed by atoms with Crippen molar-refractivity contribution in [3.63, 3.8) is 0 Å². The van der Waals surface area contributed by atoms with E-state index in [0.29, 0.717) is 0 Å². The number of hydrazine groups is 1. The summed E-state index contributed by atoms with van der Waals surface area (Å²) in [7, 11) is 0. The number of rotatable bonds is 3. The molecule has 2 amide bonds. The van der Waals surface area contributed by atoms with Crippen LogP contribution in [0.1, 0.15) is 20.7 Å². The summed E-state index contributed by atoms with van der Waals surface area (Å²) in [5.41, 5.74) is 4.54. The van der Waals surface area contributed by atoms with Crippen molar-refractivity contribution >= 4 is 17.5 Å². The first-order chi connectivity index (χ1) is 10.5. The Bertz CT molecular complexity index is 728. The molecule has 0 spiro atoms. The molecule has 0 aliphatic rings. The lowest BCUT2D eigenvalue weighted by molar-refractivity contribution is -0.384. The summed E-state index contributed by atoms with van der Waals surface area (Å²) in [6.07, 6.45) is 0. The molecule has 0 atom stereocenters. The Morgan fingerprint density at radius 3 is 2.09 bits per heavy atom. The number of phenols is 1. The molecule has 0 heterocycles. The van der Waals surface area contributed by atoms with Crippen LogP contribution in [0.25, 0.3) is 0 Å². The fraction of sp³-hybridized carbons (Fsp3) is 0. The Labute approximate surface area is 124 Å². The van der Waals surface area contributed by atoms with Crippen LogP contribution in [0, 0.1) is 10.1 Å². The van der Waals surface area contributed by atoms with Crippen molar-refractivity contribution in [1.82, 2.24) is 10.9 Å². The SMILES string of the molecule is O=C(NNC(=O)c1cccc(O)c1)c1ccc([N+](=O)[O-])cc1. The van der Waals surface area contributed by atoms with Gasteiger partial charge in [0.15, 0.2) is 0 Å². The zero-order chi connectivity index (χ0) is 16.1. The standard InChI is InChI=1S/C14H11N3O5/c18-12-3-1-2-10(8-12)14(20)16-15-13(19)9-4-6-11(7-5-9)17(21)22/h1-8,18H,(H,15,19)(H,16,20). The normalized spacial score (nSPS) is 9.82.